The summed E-state index contributed by atoms with van der Waals surface area (Å²) < 4.78 is 43.3. The van der Waals surface area contributed by atoms with Crippen LogP contribution in [0.3, 0.4) is 0 Å². The molecule has 17 heteroatoms. The van der Waals surface area contributed by atoms with Gasteiger partial charge < -0.3 is 73.6 Å². The predicted octanol–water partition coefficient (Wildman–Crippen LogP) is -1.14. The molecule has 0 bridgehead atoms. The van der Waals surface area contributed by atoms with Crippen LogP contribution in [-0.4, -0.2) is 144 Å². The zero-order chi connectivity index (χ0) is 36.6. The average molecular weight is 709 g/mol. The Balaban J connectivity index is 1.48. The lowest BCUT2D eigenvalue weighted by Crippen LogP contribution is -2.63. The minimum Gasteiger partial charge on any atom is -0.508 e. The first kappa shape index (κ1) is 38.5. The van der Waals surface area contributed by atoms with Crippen molar-refractivity contribution in [3.05, 3.63) is 59.7 Å². The second-order valence-electron chi connectivity index (χ2n) is 11.1. The van der Waals surface area contributed by atoms with E-state index < -0.39 is 86.6 Å². The summed E-state index contributed by atoms with van der Waals surface area (Å²) in [6.45, 7) is -2.57. The fourth-order valence-electron chi connectivity index (χ4n) is 5.25. The number of carbonyl (C=O) groups is 2. The van der Waals surface area contributed by atoms with Gasteiger partial charge in [0.25, 0.3) is 0 Å². The number of phenols is 1. The number of benzene rings is 2. The maximum absolute atomic E-state index is 13.0. The molecule has 0 aliphatic carbocycles. The lowest BCUT2D eigenvalue weighted by molar-refractivity contribution is -0.383. The molecular weight excluding hydrogens is 668 g/mol. The SMILES string of the molecule is COc1cc(C=CC(=O)OC2C(O)C(CO)OC2(CO)OC2OC(COC(=O)C=Cc3ccc(O)cc3)C(O)C(O)C2O)cc(OC)c1OC. The predicted molar refractivity (Wildman–Crippen MR) is 169 cm³/mol. The molecule has 0 spiro atoms. The van der Waals surface area contributed by atoms with Crippen LogP contribution in [0.5, 0.6) is 23.0 Å². The van der Waals surface area contributed by atoms with Crippen LogP contribution in [0.25, 0.3) is 12.2 Å². The van der Waals surface area contributed by atoms with Crippen LogP contribution in [-0.2, 0) is 33.3 Å². The van der Waals surface area contributed by atoms with E-state index in [0.29, 0.717) is 28.4 Å². The highest BCUT2D eigenvalue weighted by atomic mass is 16.8. The Kier molecular flexibility index (Phi) is 13.2. The van der Waals surface area contributed by atoms with E-state index in [1.807, 2.05) is 0 Å². The molecule has 2 fully saturated rings. The first-order chi connectivity index (χ1) is 23.9. The van der Waals surface area contributed by atoms with Gasteiger partial charge in [-0.3, -0.25) is 0 Å². The van der Waals surface area contributed by atoms with Crippen LogP contribution in [0, 0.1) is 0 Å². The van der Waals surface area contributed by atoms with E-state index >= 15 is 0 Å². The van der Waals surface area contributed by atoms with Crippen molar-refractivity contribution in [1.29, 1.82) is 0 Å². The van der Waals surface area contributed by atoms with Gasteiger partial charge in [0.15, 0.2) is 23.9 Å². The summed E-state index contributed by atoms with van der Waals surface area (Å²) in [5.74, 6) is -3.44. The fourth-order valence-corrected chi connectivity index (χ4v) is 5.25. The van der Waals surface area contributed by atoms with Crippen LogP contribution in [0.2, 0.25) is 0 Å². The van der Waals surface area contributed by atoms with Gasteiger partial charge in [-0.25, -0.2) is 9.59 Å². The summed E-state index contributed by atoms with van der Waals surface area (Å²) in [7, 11) is 4.24. The number of methoxy groups -OCH3 is 3. The van der Waals surface area contributed by atoms with Crippen LogP contribution < -0.4 is 14.2 Å². The van der Waals surface area contributed by atoms with E-state index in [-0.39, 0.29) is 5.75 Å². The maximum atomic E-state index is 13.0. The Morgan fingerprint density at radius 1 is 0.800 bits per heavy atom. The Hall–Kier alpha value is -4.30. The average Bonchev–Trinajstić information content (AvgIpc) is 3.39. The molecular formula is C33H40O17. The lowest BCUT2D eigenvalue weighted by Gasteiger charge is -2.43. The molecule has 9 unspecified atom stereocenters. The third-order valence-electron chi connectivity index (χ3n) is 7.90. The normalized spacial score (nSPS) is 29.6. The van der Waals surface area contributed by atoms with Crippen molar-refractivity contribution >= 4 is 24.1 Å². The monoisotopic (exact) mass is 708 g/mol. The number of carbonyl (C=O) groups excluding carboxylic acids is 2. The first-order valence-corrected chi connectivity index (χ1v) is 15.2. The van der Waals surface area contributed by atoms with Gasteiger partial charge in [0, 0.05) is 12.2 Å². The van der Waals surface area contributed by atoms with Crippen molar-refractivity contribution in [2.24, 2.45) is 0 Å². The maximum Gasteiger partial charge on any atom is 0.331 e. The summed E-state index contributed by atoms with van der Waals surface area (Å²) in [5, 5.41) is 72.3. The van der Waals surface area contributed by atoms with Crippen LogP contribution >= 0.6 is 0 Å². The van der Waals surface area contributed by atoms with Gasteiger partial charge in [-0.05, 0) is 47.5 Å². The number of aliphatic hydroxyl groups is 6. The lowest BCUT2D eigenvalue weighted by atomic mass is 9.99. The van der Waals surface area contributed by atoms with Gasteiger partial charge in [0.2, 0.25) is 11.5 Å². The number of rotatable bonds is 14. The first-order valence-electron chi connectivity index (χ1n) is 15.2. The minimum absolute atomic E-state index is 0.0341. The quantitative estimate of drug-likeness (QED) is 0.0905. The van der Waals surface area contributed by atoms with Crippen molar-refractivity contribution in [1.82, 2.24) is 0 Å². The summed E-state index contributed by atoms with van der Waals surface area (Å²) >= 11 is 0. The topological polar surface area (TPSA) is 250 Å². The van der Waals surface area contributed by atoms with E-state index in [4.69, 9.17) is 37.9 Å². The largest absolute Gasteiger partial charge is 0.508 e. The van der Waals surface area contributed by atoms with Gasteiger partial charge in [0.1, 0.15) is 55.6 Å². The summed E-state index contributed by atoms with van der Waals surface area (Å²) in [6, 6.07) is 9.01. The number of ether oxygens (including phenoxy) is 8. The van der Waals surface area contributed by atoms with Gasteiger partial charge in [0.05, 0.1) is 27.9 Å². The molecule has 4 rings (SSSR count). The molecule has 9 atom stereocenters. The molecule has 2 aliphatic rings. The summed E-state index contributed by atoms with van der Waals surface area (Å²) in [5.41, 5.74) is 0.994. The molecule has 0 radical (unpaired) electrons. The third kappa shape index (κ3) is 8.70. The van der Waals surface area contributed by atoms with E-state index in [1.54, 1.807) is 24.3 Å². The van der Waals surface area contributed by atoms with Crippen molar-refractivity contribution in [3.63, 3.8) is 0 Å². The van der Waals surface area contributed by atoms with Gasteiger partial charge in [-0.15, -0.1) is 0 Å². The van der Waals surface area contributed by atoms with Crippen molar-refractivity contribution < 1.29 is 83.2 Å². The number of aromatic hydroxyl groups is 1. The Morgan fingerprint density at radius 2 is 1.42 bits per heavy atom. The van der Waals surface area contributed by atoms with Gasteiger partial charge in [-0.1, -0.05) is 12.1 Å². The fraction of sp³-hybridized carbons (Fsp3) is 0.455. The standard InChI is InChI=1S/C33H40O17/c1-43-20-12-18(13-21(44-2)30(20)45-3)7-11-25(38)48-31-27(40)22(14-34)49-33(31,16-35)50-32-29(42)28(41)26(39)23(47-32)15-46-24(37)10-6-17-4-8-19(36)9-5-17/h4-13,22-23,26-29,31-32,34-36,39-42H,14-16H2,1-3H3. The molecule has 17 nitrogen and oxygen atoms in total. The highest BCUT2D eigenvalue weighted by Crippen LogP contribution is 2.40. The third-order valence-corrected chi connectivity index (χ3v) is 7.90. The Bertz CT molecular complexity index is 1490. The van der Waals surface area contributed by atoms with E-state index in [2.05, 4.69) is 0 Å². The number of hydrogen-bond acceptors (Lipinski definition) is 17. The molecule has 7 N–H and O–H groups in total. The molecule has 2 heterocycles. The smallest absolute Gasteiger partial charge is 0.331 e. The minimum atomic E-state index is -2.47. The molecule has 274 valence electrons. The number of phenolic OH excluding ortho intramolecular Hbond substituents is 1. The zero-order valence-corrected chi connectivity index (χ0v) is 27.2. The summed E-state index contributed by atoms with van der Waals surface area (Å²) in [4.78, 5) is 25.3. The number of hydrogen-bond donors (Lipinski definition) is 7. The molecule has 2 aromatic carbocycles. The van der Waals surface area contributed by atoms with Crippen molar-refractivity contribution in [3.8, 4) is 23.0 Å². The molecule has 2 aromatic rings. The Morgan fingerprint density at radius 3 is 2.00 bits per heavy atom. The molecule has 0 aromatic heterocycles. The van der Waals surface area contributed by atoms with Crippen LogP contribution in [0.1, 0.15) is 11.1 Å². The highest BCUT2D eigenvalue weighted by molar-refractivity contribution is 5.88. The van der Waals surface area contributed by atoms with Crippen LogP contribution in [0.4, 0.5) is 0 Å². The van der Waals surface area contributed by atoms with E-state index in [0.717, 1.165) is 12.2 Å². The molecule has 50 heavy (non-hydrogen) atoms. The van der Waals surface area contributed by atoms with Crippen molar-refractivity contribution in [2.75, 3.05) is 41.2 Å². The van der Waals surface area contributed by atoms with Crippen molar-refractivity contribution in [2.45, 2.75) is 54.8 Å². The second kappa shape index (κ2) is 17.1. The number of esters is 2. The molecule has 2 saturated heterocycles. The molecule has 0 amide bonds. The van der Waals surface area contributed by atoms with Gasteiger partial charge in [-0.2, -0.15) is 0 Å². The summed E-state index contributed by atoms with van der Waals surface area (Å²) in [6.07, 6.45) is -9.36. The Labute approximate surface area is 286 Å². The zero-order valence-electron chi connectivity index (χ0n) is 27.2. The van der Waals surface area contributed by atoms with E-state index in [9.17, 15) is 45.3 Å². The molecule has 2 aliphatic heterocycles. The van der Waals surface area contributed by atoms with Gasteiger partial charge >= 0.3 is 11.9 Å². The molecule has 0 saturated carbocycles. The second-order valence-corrected chi connectivity index (χ2v) is 11.1. The number of aliphatic hydroxyl groups excluding tert-OH is 6. The van der Waals surface area contributed by atoms with E-state index in [1.165, 1.54) is 45.6 Å². The van der Waals surface area contributed by atoms with Crippen LogP contribution in [0.15, 0.2) is 48.6 Å². The highest BCUT2D eigenvalue weighted by Gasteiger charge is 2.60.